The van der Waals surface area contributed by atoms with E-state index >= 15 is 0 Å². The summed E-state index contributed by atoms with van der Waals surface area (Å²) in [4.78, 5) is 4.74. The van der Waals surface area contributed by atoms with Crippen molar-refractivity contribution in [2.75, 3.05) is 13.6 Å². The summed E-state index contributed by atoms with van der Waals surface area (Å²) in [6, 6.07) is 0. The van der Waals surface area contributed by atoms with Crippen LogP contribution >= 0.6 is 0 Å². The highest BCUT2D eigenvalue weighted by Gasteiger charge is 2.17. The lowest BCUT2D eigenvalue weighted by Gasteiger charge is -2.26. The highest BCUT2D eigenvalue weighted by atomic mass is 15.4. The zero-order valence-electron chi connectivity index (χ0n) is 16.2. The molecule has 0 bridgehead atoms. The van der Waals surface area contributed by atoms with Crippen molar-refractivity contribution in [3.8, 4) is 0 Å². The van der Waals surface area contributed by atoms with Gasteiger partial charge in [0.05, 0.1) is 6.17 Å². The van der Waals surface area contributed by atoms with Gasteiger partial charge in [0.15, 0.2) is 0 Å². The molecule has 136 valence electrons. The molecule has 0 aromatic rings. The number of hydrogen-bond acceptors (Lipinski definition) is 2. The van der Waals surface area contributed by atoms with Gasteiger partial charge in [-0.25, -0.2) is 0 Å². The molecule has 1 heterocycles. The first-order valence-corrected chi connectivity index (χ1v) is 10.4. The van der Waals surface area contributed by atoms with Crippen molar-refractivity contribution in [2.45, 2.75) is 110 Å². The van der Waals surface area contributed by atoms with Crippen LogP contribution < -0.4 is 0 Å². The highest BCUT2D eigenvalue weighted by molar-refractivity contribution is 4.93. The SMILES string of the molecule is CCCCCCCCCCCCCCCCN1C=CN(C)[C@@H]1C. The second-order valence-electron chi connectivity index (χ2n) is 7.43. The molecule has 2 nitrogen and oxygen atoms in total. The van der Waals surface area contributed by atoms with Gasteiger partial charge in [-0.2, -0.15) is 0 Å². The van der Waals surface area contributed by atoms with Crippen molar-refractivity contribution >= 4 is 0 Å². The lowest BCUT2D eigenvalue weighted by Crippen LogP contribution is -2.34. The first kappa shape index (κ1) is 20.4. The Bertz CT molecular complexity index is 288. The standard InChI is InChI=1S/C21H42N2/c1-4-5-6-7-8-9-10-11-12-13-14-15-16-17-18-23-20-19-22(3)21(23)2/h19-21H,4-18H2,1-3H3/t21-/m0/s1. The second kappa shape index (κ2) is 13.7. The average Bonchev–Trinajstić information content (AvgIpc) is 2.87. The molecule has 1 aliphatic rings. The monoisotopic (exact) mass is 322 g/mol. The van der Waals surface area contributed by atoms with E-state index in [0.29, 0.717) is 6.17 Å². The molecule has 1 atom stereocenters. The number of hydrogen-bond donors (Lipinski definition) is 0. The Kier molecular flexibility index (Phi) is 12.2. The minimum absolute atomic E-state index is 0.553. The highest BCUT2D eigenvalue weighted by Crippen LogP contribution is 2.16. The molecule has 0 aromatic heterocycles. The van der Waals surface area contributed by atoms with Gasteiger partial charge in [-0.3, -0.25) is 0 Å². The Labute approximate surface area is 146 Å². The maximum Gasteiger partial charge on any atom is 0.0974 e. The summed E-state index contributed by atoms with van der Waals surface area (Å²) in [6.45, 7) is 5.80. The minimum atomic E-state index is 0.553. The molecule has 0 amide bonds. The third-order valence-electron chi connectivity index (χ3n) is 5.33. The van der Waals surface area contributed by atoms with Crippen molar-refractivity contribution in [3.05, 3.63) is 12.4 Å². The van der Waals surface area contributed by atoms with Crippen LogP contribution in [0.15, 0.2) is 12.4 Å². The molecule has 0 unspecified atom stereocenters. The Balaban J connectivity index is 1.74. The fourth-order valence-corrected chi connectivity index (χ4v) is 3.42. The molecule has 23 heavy (non-hydrogen) atoms. The van der Waals surface area contributed by atoms with Gasteiger partial charge in [0, 0.05) is 26.0 Å². The summed E-state index contributed by atoms with van der Waals surface area (Å²) in [5.74, 6) is 0. The maximum absolute atomic E-state index is 2.46. The largest absolute Gasteiger partial charge is 0.359 e. The summed E-state index contributed by atoms with van der Waals surface area (Å²) in [5.41, 5.74) is 0. The first-order chi connectivity index (χ1) is 11.3. The van der Waals surface area contributed by atoms with Crippen LogP contribution in [0.5, 0.6) is 0 Å². The molecule has 1 rings (SSSR count). The van der Waals surface area contributed by atoms with E-state index in [1.165, 1.54) is 96.4 Å². The lowest BCUT2D eigenvalue weighted by molar-refractivity contribution is 0.192. The van der Waals surface area contributed by atoms with Crippen molar-refractivity contribution < 1.29 is 0 Å². The van der Waals surface area contributed by atoms with E-state index in [1.807, 2.05) is 0 Å². The van der Waals surface area contributed by atoms with Crippen LogP contribution in [-0.4, -0.2) is 29.6 Å². The van der Waals surface area contributed by atoms with E-state index in [9.17, 15) is 0 Å². The van der Waals surface area contributed by atoms with Crippen LogP contribution in [-0.2, 0) is 0 Å². The van der Waals surface area contributed by atoms with Crippen LogP contribution in [0.25, 0.3) is 0 Å². The number of unbranched alkanes of at least 4 members (excludes halogenated alkanes) is 13. The van der Waals surface area contributed by atoms with Crippen molar-refractivity contribution in [1.29, 1.82) is 0 Å². The molecule has 0 N–H and O–H groups in total. The second-order valence-corrected chi connectivity index (χ2v) is 7.43. The summed E-state index contributed by atoms with van der Waals surface area (Å²) in [7, 11) is 2.16. The molecule has 2 heteroatoms. The average molecular weight is 323 g/mol. The van der Waals surface area contributed by atoms with Gasteiger partial charge in [0.25, 0.3) is 0 Å². The van der Waals surface area contributed by atoms with Gasteiger partial charge in [-0.05, 0) is 13.3 Å². The van der Waals surface area contributed by atoms with Gasteiger partial charge in [-0.1, -0.05) is 90.4 Å². The van der Waals surface area contributed by atoms with Crippen LogP contribution in [0.1, 0.15) is 104 Å². The van der Waals surface area contributed by atoms with Crippen LogP contribution in [0.4, 0.5) is 0 Å². The van der Waals surface area contributed by atoms with E-state index in [0.717, 1.165) is 0 Å². The summed E-state index contributed by atoms with van der Waals surface area (Å²) >= 11 is 0. The number of nitrogens with zero attached hydrogens (tertiary/aromatic N) is 2. The van der Waals surface area contributed by atoms with Crippen molar-refractivity contribution in [1.82, 2.24) is 9.80 Å². The van der Waals surface area contributed by atoms with Crippen molar-refractivity contribution in [2.24, 2.45) is 0 Å². The van der Waals surface area contributed by atoms with E-state index in [4.69, 9.17) is 0 Å². The van der Waals surface area contributed by atoms with Gasteiger partial charge >= 0.3 is 0 Å². The summed E-state index contributed by atoms with van der Waals surface area (Å²) < 4.78 is 0. The predicted octanol–water partition coefficient (Wildman–Crippen LogP) is 6.53. The quantitative estimate of drug-likeness (QED) is 0.316. The Morgan fingerprint density at radius 1 is 0.652 bits per heavy atom. The fourth-order valence-electron chi connectivity index (χ4n) is 3.42. The van der Waals surface area contributed by atoms with E-state index in [-0.39, 0.29) is 0 Å². The molecule has 0 saturated heterocycles. The van der Waals surface area contributed by atoms with Crippen LogP contribution in [0.3, 0.4) is 0 Å². The zero-order chi connectivity index (χ0) is 16.8. The number of rotatable bonds is 15. The lowest BCUT2D eigenvalue weighted by atomic mass is 10.0. The molecule has 0 radical (unpaired) electrons. The van der Waals surface area contributed by atoms with Gasteiger partial charge in [0.2, 0.25) is 0 Å². The van der Waals surface area contributed by atoms with E-state index in [1.54, 1.807) is 0 Å². The molecular formula is C21H42N2. The van der Waals surface area contributed by atoms with Crippen molar-refractivity contribution in [3.63, 3.8) is 0 Å². The van der Waals surface area contributed by atoms with Crippen LogP contribution in [0, 0.1) is 0 Å². The summed E-state index contributed by atoms with van der Waals surface area (Å²) in [6.07, 6.45) is 25.1. The third kappa shape index (κ3) is 9.94. The van der Waals surface area contributed by atoms with Gasteiger partial charge in [0.1, 0.15) is 0 Å². The first-order valence-electron chi connectivity index (χ1n) is 10.4. The molecule has 0 saturated carbocycles. The summed E-state index contributed by atoms with van der Waals surface area (Å²) in [5, 5.41) is 0. The Morgan fingerprint density at radius 3 is 1.48 bits per heavy atom. The minimum Gasteiger partial charge on any atom is -0.359 e. The smallest absolute Gasteiger partial charge is 0.0974 e. The Hall–Kier alpha value is -0.660. The third-order valence-corrected chi connectivity index (χ3v) is 5.33. The molecule has 1 aliphatic heterocycles. The van der Waals surface area contributed by atoms with E-state index in [2.05, 4.69) is 43.1 Å². The van der Waals surface area contributed by atoms with Gasteiger partial charge < -0.3 is 9.80 Å². The maximum atomic E-state index is 2.46. The molecular weight excluding hydrogens is 280 g/mol. The molecule has 0 fully saturated rings. The predicted molar refractivity (Wildman–Crippen MR) is 103 cm³/mol. The van der Waals surface area contributed by atoms with E-state index < -0.39 is 0 Å². The van der Waals surface area contributed by atoms with Gasteiger partial charge in [-0.15, -0.1) is 0 Å². The Morgan fingerprint density at radius 2 is 1.09 bits per heavy atom. The normalized spacial score (nSPS) is 17.4. The molecule has 0 aliphatic carbocycles. The molecule has 0 aromatic carbocycles. The fraction of sp³-hybridized carbons (Fsp3) is 0.905. The van der Waals surface area contributed by atoms with Crippen LogP contribution in [0.2, 0.25) is 0 Å². The zero-order valence-corrected chi connectivity index (χ0v) is 16.2. The topological polar surface area (TPSA) is 6.48 Å². The molecule has 0 spiro atoms.